The Morgan fingerprint density at radius 3 is 2.07 bits per heavy atom. The summed E-state index contributed by atoms with van der Waals surface area (Å²) in [6, 6.07) is 4.13. The number of nitrogens with zero attached hydrogens (tertiary/aromatic N) is 1. The number of carbonyl (C=O) groups is 4. The first-order valence-corrected chi connectivity index (χ1v) is 9.78. The van der Waals surface area contributed by atoms with Gasteiger partial charge in [0.25, 0.3) is 0 Å². The fraction of sp³-hybridized carbons (Fsp3) is 0.524. The number of nitrogens with two attached hydrogens (primary N) is 2. The van der Waals surface area contributed by atoms with E-state index in [2.05, 4.69) is 0 Å². The Morgan fingerprint density at radius 2 is 1.60 bits per heavy atom. The summed E-state index contributed by atoms with van der Waals surface area (Å²) in [5, 5.41) is 9.68. The van der Waals surface area contributed by atoms with Crippen LogP contribution in [0.5, 0.6) is 0 Å². The lowest BCUT2D eigenvalue weighted by molar-refractivity contribution is -0.154. The highest BCUT2D eigenvalue weighted by Gasteiger charge is 2.44. The van der Waals surface area contributed by atoms with Gasteiger partial charge in [-0.25, -0.2) is 14.5 Å². The van der Waals surface area contributed by atoms with E-state index in [-0.39, 0.29) is 18.9 Å². The number of ether oxygens (including phenoxy) is 1. The highest BCUT2D eigenvalue weighted by Crippen LogP contribution is 2.16. The Hall–Kier alpha value is -2.78. The number of Topliss-reactive ketones (excluding diaryl/α,β-unsaturated/α-hetero) is 1. The molecule has 3 unspecified atom stereocenters. The summed E-state index contributed by atoms with van der Waals surface area (Å²) in [7, 11) is 0. The van der Waals surface area contributed by atoms with E-state index in [0.29, 0.717) is 10.5 Å². The van der Waals surface area contributed by atoms with Gasteiger partial charge in [-0.3, -0.25) is 9.59 Å². The molecular formula is C21H31N3O6. The van der Waals surface area contributed by atoms with Crippen molar-refractivity contribution in [3.05, 3.63) is 35.9 Å². The fourth-order valence-electron chi connectivity index (χ4n) is 2.74. The van der Waals surface area contributed by atoms with E-state index >= 15 is 0 Å². The van der Waals surface area contributed by atoms with Crippen LogP contribution in [0.15, 0.2) is 30.3 Å². The number of imide groups is 1. The Balaban J connectivity index is 3.23. The molecule has 9 nitrogen and oxygen atoms in total. The van der Waals surface area contributed by atoms with Gasteiger partial charge in [-0.15, -0.1) is 0 Å². The molecule has 5 N–H and O–H groups in total. The van der Waals surface area contributed by atoms with Crippen LogP contribution in [0.1, 0.15) is 39.7 Å². The molecule has 0 saturated heterocycles. The summed E-state index contributed by atoms with van der Waals surface area (Å²) in [5.41, 5.74) is 12.4. The molecule has 0 heterocycles. The molecule has 0 radical (unpaired) electrons. The third-order valence-corrected chi connectivity index (χ3v) is 4.50. The third kappa shape index (κ3) is 6.93. The summed E-state index contributed by atoms with van der Waals surface area (Å²) in [4.78, 5) is 50.6. The van der Waals surface area contributed by atoms with Crippen LogP contribution in [-0.4, -0.2) is 51.9 Å². The number of ketones is 1. The van der Waals surface area contributed by atoms with E-state index in [1.807, 2.05) is 13.8 Å². The highest BCUT2D eigenvalue weighted by atomic mass is 16.6. The second-order valence-corrected chi connectivity index (χ2v) is 7.90. The van der Waals surface area contributed by atoms with E-state index < -0.39 is 47.8 Å². The average molecular weight is 421 g/mol. The molecule has 0 aromatic heterocycles. The van der Waals surface area contributed by atoms with Crippen LogP contribution in [-0.2, 0) is 25.7 Å². The van der Waals surface area contributed by atoms with Crippen molar-refractivity contribution in [2.75, 3.05) is 0 Å². The van der Waals surface area contributed by atoms with Crippen LogP contribution in [0.4, 0.5) is 4.79 Å². The first-order valence-electron chi connectivity index (χ1n) is 9.78. The third-order valence-electron chi connectivity index (χ3n) is 4.50. The number of rotatable bonds is 10. The summed E-state index contributed by atoms with van der Waals surface area (Å²) in [5.74, 6) is -4.06. The summed E-state index contributed by atoms with van der Waals surface area (Å²) >= 11 is 0. The van der Waals surface area contributed by atoms with E-state index in [9.17, 15) is 24.3 Å². The number of carbonyl (C=O) groups excluding carboxylic acids is 3. The predicted molar refractivity (Wildman–Crippen MR) is 110 cm³/mol. The number of carboxylic acid groups (broad SMARTS) is 1. The number of amides is 2. The van der Waals surface area contributed by atoms with Gasteiger partial charge in [0.2, 0.25) is 5.91 Å². The molecule has 0 aliphatic carbocycles. The van der Waals surface area contributed by atoms with Gasteiger partial charge in [0.1, 0.15) is 6.61 Å². The van der Waals surface area contributed by atoms with Crippen molar-refractivity contribution in [2.45, 2.75) is 58.8 Å². The topological polar surface area (TPSA) is 153 Å². The molecule has 166 valence electrons. The molecule has 0 aliphatic heterocycles. The second kappa shape index (κ2) is 11.4. The van der Waals surface area contributed by atoms with Crippen LogP contribution in [0, 0.1) is 11.8 Å². The average Bonchev–Trinajstić information content (AvgIpc) is 2.68. The first kappa shape index (κ1) is 25.3. The highest BCUT2D eigenvalue weighted by molar-refractivity contribution is 6.12. The van der Waals surface area contributed by atoms with Gasteiger partial charge >= 0.3 is 12.1 Å². The molecule has 0 fully saturated rings. The SMILES string of the molecule is CC(C)CC(N)C(=O)C(C(=O)O)N(C(=O)OCc1ccccc1)C(=O)C(N)C(C)C. The minimum Gasteiger partial charge on any atom is -0.479 e. The predicted octanol–water partition coefficient (Wildman–Crippen LogP) is 1.53. The minimum atomic E-state index is -2.13. The molecular weight excluding hydrogens is 390 g/mol. The van der Waals surface area contributed by atoms with Gasteiger partial charge in [-0.2, -0.15) is 0 Å². The maximum atomic E-state index is 12.9. The lowest BCUT2D eigenvalue weighted by Gasteiger charge is -2.30. The number of benzene rings is 1. The maximum Gasteiger partial charge on any atom is 0.418 e. The van der Waals surface area contributed by atoms with E-state index in [0.717, 1.165) is 0 Å². The smallest absolute Gasteiger partial charge is 0.418 e. The first-order chi connectivity index (χ1) is 14.0. The summed E-state index contributed by atoms with van der Waals surface area (Å²) in [6.07, 6.45) is -1.07. The van der Waals surface area contributed by atoms with Crippen LogP contribution >= 0.6 is 0 Å². The standard InChI is InChI=1S/C21H31N3O6/c1-12(2)10-15(22)18(25)17(20(27)28)24(19(26)16(23)13(3)4)21(29)30-11-14-8-6-5-7-9-14/h5-9,12-13,15-17H,10-11,22-23H2,1-4H3,(H,27,28). The van der Waals surface area contributed by atoms with Crippen LogP contribution in [0.3, 0.4) is 0 Å². The molecule has 2 amide bonds. The van der Waals surface area contributed by atoms with Crippen molar-refractivity contribution in [3.8, 4) is 0 Å². The van der Waals surface area contributed by atoms with Crippen molar-refractivity contribution in [1.82, 2.24) is 4.90 Å². The molecule has 1 aromatic rings. The Morgan fingerprint density at radius 1 is 1.03 bits per heavy atom. The lowest BCUT2D eigenvalue weighted by Crippen LogP contribution is -2.60. The van der Waals surface area contributed by atoms with Gasteiger partial charge in [-0.1, -0.05) is 58.0 Å². The van der Waals surface area contributed by atoms with Gasteiger partial charge in [0.15, 0.2) is 11.8 Å². The van der Waals surface area contributed by atoms with E-state index in [4.69, 9.17) is 16.2 Å². The van der Waals surface area contributed by atoms with Gasteiger partial charge < -0.3 is 21.3 Å². The monoisotopic (exact) mass is 421 g/mol. The molecule has 1 rings (SSSR count). The number of carboxylic acids is 1. The van der Waals surface area contributed by atoms with Crippen molar-refractivity contribution in [3.63, 3.8) is 0 Å². The number of hydrogen-bond donors (Lipinski definition) is 3. The molecule has 0 bridgehead atoms. The quantitative estimate of drug-likeness (QED) is 0.481. The number of hydrogen-bond acceptors (Lipinski definition) is 7. The lowest BCUT2D eigenvalue weighted by atomic mass is 9.95. The van der Waals surface area contributed by atoms with Crippen LogP contribution < -0.4 is 11.5 Å². The minimum absolute atomic E-state index is 0.00509. The maximum absolute atomic E-state index is 12.9. The van der Waals surface area contributed by atoms with Crippen molar-refractivity contribution >= 4 is 23.8 Å². The van der Waals surface area contributed by atoms with Crippen molar-refractivity contribution < 1.29 is 29.0 Å². The molecule has 3 atom stereocenters. The number of aliphatic carboxylic acids is 1. The second-order valence-electron chi connectivity index (χ2n) is 7.90. The summed E-state index contributed by atoms with van der Waals surface area (Å²) < 4.78 is 5.14. The van der Waals surface area contributed by atoms with Crippen LogP contribution in [0.25, 0.3) is 0 Å². The Kier molecular flexibility index (Phi) is 9.61. The molecule has 0 saturated carbocycles. The molecule has 30 heavy (non-hydrogen) atoms. The van der Waals surface area contributed by atoms with Gasteiger partial charge in [-0.05, 0) is 23.8 Å². The van der Waals surface area contributed by atoms with E-state index in [1.54, 1.807) is 44.2 Å². The van der Waals surface area contributed by atoms with E-state index in [1.165, 1.54) is 0 Å². The molecule has 9 heteroatoms. The zero-order valence-corrected chi connectivity index (χ0v) is 17.8. The molecule has 0 spiro atoms. The van der Waals surface area contributed by atoms with Crippen molar-refractivity contribution in [2.24, 2.45) is 23.3 Å². The normalized spacial score (nSPS) is 14.1. The van der Waals surface area contributed by atoms with Crippen LogP contribution in [0.2, 0.25) is 0 Å². The molecule has 1 aromatic carbocycles. The molecule has 0 aliphatic rings. The Bertz CT molecular complexity index is 750. The van der Waals surface area contributed by atoms with Gasteiger partial charge in [0.05, 0.1) is 12.1 Å². The Labute approximate surface area is 176 Å². The summed E-state index contributed by atoms with van der Waals surface area (Å²) in [6.45, 7) is 6.69. The fourth-order valence-corrected chi connectivity index (χ4v) is 2.74. The largest absolute Gasteiger partial charge is 0.479 e. The van der Waals surface area contributed by atoms with Gasteiger partial charge in [0, 0.05) is 0 Å². The van der Waals surface area contributed by atoms with Crippen molar-refractivity contribution in [1.29, 1.82) is 0 Å². The zero-order valence-electron chi connectivity index (χ0n) is 17.8. The zero-order chi connectivity index (χ0) is 23.0.